The number of nitrogens with two attached hydrogens (primary N) is 1. The largest absolute Gasteiger partial charge is 0.324 e. The molecule has 1 aromatic rings. The van der Waals surface area contributed by atoms with E-state index in [4.69, 9.17) is 5.73 Å². The minimum Gasteiger partial charge on any atom is -0.324 e. The van der Waals surface area contributed by atoms with Crippen LogP contribution in [-0.4, -0.2) is 9.78 Å². The second-order valence-corrected chi connectivity index (χ2v) is 6.11. The number of hydrogen-bond donors (Lipinski definition) is 1. The molecule has 3 heteroatoms. The van der Waals surface area contributed by atoms with Gasteiger partial charge in [-0.05, 0) is 31.1 Å². The van der Waals surface area contributed by atoms with Crippen LogP contribution >= 0.6 is 0 Å². The molecule has 0 saturated heterocycles. The van der Waals surface area contributed by atoms with Gasteiger partial charge in [-0.25, -0.2) is 0 Å². The van der Waals surface area contributed by atoms with Crippen molar-refractivity contribution in [3.63, 3.8) is 0 Å². The van der Waals surface area contributed by atoms with E-state index >= 15 is 0 Å². The van der Waals surface area contributed by atoms with E-state index in [-0.39, 0.29) is 6.04 Å². The Bertz CT molecular complexity index is 388. The fourth-order valence-electron chi connectivity index (χ4n) is 3.07. The molecule has 0 bridgehead atoms. The molecule has 1 unspecified atom stereocenters. The molecule has 1 aliphatic rings. The Balaban J connectivity index is 2.40. The van der Waals surface area contributed by atoms with Crippen molar-refractivity contribution in [1.82, 2.24) is 9.78 Å². The van der Waals surface area contributed by atoms with E-state index in [0.717, 1.165) is 25.7 Å². The van der Waals surface area contributed by atoms with Gasteiger partial charge in [0.25, 0.3) is 0 Å². The first-order valence-electron chi connectivity index (χ1n) is 6.80. The van der Waals surface area contributed by atoms with E-state index in [9.17, 15) is 0 Å². The Hall–Kier alpha value is -0.830. The van der Waals surface area contributed by atoms with Crippen molar-refractivity contribution in [2.75, 3.05) is 0 Å². The lowest BCUT2D eigenvalue weighted by Gasteiger charge is -2.34. The van der Waals surface area contributed by atoms with Crippen LogP contribution in [0.1, 0.15) is 70.3 Å². The van der Waals surface area contributed by atoms with E-state index in [1.807, 2.05) is 6.20 Å². The van der Waals surface area contributed by atoms with Crippen LogP contribution in [0.15, 0.2) is 6.20 Å². The smallest absolute Gasteiger partial charge is 0.0540 e. The molecule has 1 aliphatic carbocycles. The van der Waals surface area contributed by atoms with E-state index in [0.29, 0.717) is 11.5 Å². The Morgan fingerprint density at radius 3 is 2.71 bits per heavy atom. The van der Waals surface area contributed by atoms with Crippen LogP contribution in [0, 0.1) is 5.41 Å². The molecule has 0 aliphatic heterocycles. The van der Waals surface area contributed by atoms with E-state index < -0.39 is 0 Å². The number of fused-ring (bicyclic) bond motifs is 1. The van der Waals surface area contributed by atoms with Gasteiger partial charge in [-0.3, -0.25) is 4.68 Å². The molecule has 1 heterocycles. The van der Waals surface area contributed by atoms with E-state index in [2.05, 4.69) is 37.5 Å². The summed E-state index contributed by atoms with van der Waals surface area (Å²) in [5.41, 5.74) is 9.22. The second kappa shape index (κ2) is 4.45. The molecule has 0 spiro atoms. The minimum absolute atomic E-state index is 0.164. The number of nitrogens with zero attached hydrogens (tertiary/aromatic N) is 2. The fraction of sp³-hybridized carbons (Fsp3) is 0.786. The average Bonchev–Trinajstić information content (AvgIpc) is 2.62. The lowest BCUT2D eigenvalue weighted by molar-refractivity contribution is 0.267. The standard InChI is InChI=1S/C14H25N3/c1-5-10(6-2)17-13-8-14(3,4)7-12(15)11(13)9-16-17/h9-10,12H,5-8,15H2,1-4H3. The van der Waals surface area contributed by atoms with Crippen molar-refractivity contribution in [3.05, 3.63) is 17.5 Å². The van der Waals surface area contributed by atoms with Gasteiger partial charge in [0.2, 0.25) is 0 Å². The molecule has 0 radical (unpaired) electrons. The van der Waals surface area contributed by atoms with Crippen LogP contribution < -0.4 is 5.73 Å². The molecule has 3 nitrogen and oxygen atoms in total. The second-order valence-electron chi connectivity index (χ2n) is 6.11. The van der Waals surface area contributed by atoms with Crippen molar-refractivity contribution in [2.24, 2.45) is 11.1 Å². The molecular formula is C14H25N3. The Morgan fingerprint density at radius 1 is 1.47 bits per heavy atom. The maximum atomic E-state index is 6.27. The van der Waals surface area contributed by atoms with Crippen LogP contribution in [0.2, 0.25) is 0 Å². The molecular weight excluding hydrogens is 210 g/mol. The van der Waals surface area contributed by atoms with Gasteiger partial charge in [0.1, 0.15) is 0 Å². The lowest BCUT2D eigenvalue weighted by atomic mass is 9.74. The SMILES string of the molecule is CCC(CC)n1ncc2c1CC(C)(C)CC2N. The summed E-state index contributed by atoms with van der Waals surface area (Å²) in [7, 11) is 0. The Labute approximate surface area is 104 Å². The van der Waals surface area contributed by atoms with Gasteiger partial charge in [0.15, 0.2) is 0 Å². The van der Waals surface area contributed by atoms with Crippen molar-refractivity contribution in [2.45, 2.75) is 65.5 Å². The third kappa shape index (κ3) is 2.25. The summed E-state index contributed by atoms with van der Waals surface area (Å²) in [6, 6.07) is 0.691. The highest BCUT2D eigenvalue weighted by molar-refractivity contribution is 5.27. The summed E-state index contributed by atoms with van der Waals surface area (Å²) in [6.45, 7) is 9.08. The van der Waals surface area contributed by atoms with Crippen LogP contribution in [0.5, 0.6) is 0 Å². The summed E-state index contributed by atoms with van der Waals surface area (Å²) in [5, 5.41) is 4.59. The molecule has 0 fully saturated rings. The zero-order valence-corrected chi connectivity index (χ0v) is 11.5. The molecule has 1 atom stereocenters. The van der Waals surface area contributed by atoms with Gasteiger partial charge in [0.05, 0.1) is 12.2 Å². The number of hydrogen-bond acceptors (Lipinski definition) is 2. The minimum atomic E-state index is 0.164. The van der Waals surface area contributed by atoms with Gasteiger partial charge >= 0.3 is 0 Å². The molecule has 2 N–H and O–H groups in total. The zero-order chi connectivity index (χ0) is 12.6. The van der Waals surface area contributed by atoms with Crippen LogP contribution in [0.3, 0.4) is 0 Å². The van der Waals surface area contributed by atoms with Crippen LogP contribution in [0.4, 0.5) is 0 Å². The monoisotopic (exact) mass is 235 g/mol. The van der Waals surface area contributed by atoms with Gasteiger partial charge in [0, 0.05) is 17.3 Å². The predicted molar refractivity (Wildman–Crippen MR) is 70.9 cm³/mol. The lowest BCUT2D eigenvalue weighted by Crippen LogP contribution is -2.31. The Morgan fingerprint density at radius 2 is 2.12 bits per heavy atom. The first kappa shape index (κ1) is 12.6. The Kier molecular flexibility index (Phi) is 3.30. The van der Waals surface area contributed by atoms with Gasteiger partial charge in [-0.1, -0.05) is 27.7 Å². The van der Waals surface area contributed by atoms with E-state index in [1.54, 1.807) is 0 Å². The summed E-state index contributed by atoms with van der Waals surface area (Å²) in [5.74, 6) is 0. The fourth-order valence-corrected chi connectivity index (χ4v) is 3.07. The predicted octanol–water partition coefficient (Wildman–Crippen LogP) is 3.22. The summed E-state index contributed by atoms with van der Waals surface area (Å²) in [4.78, 5) is 0. The summed E-state index contributed by atoms with van der Waals surface area (Å²) < 4.78 is 2.23. The zero-order valence-electron chi connectivity index (χ0n) is 11.5. The quantitative estimate of drug-likeness (QED) is 0.874. The first-order chi connectivity index (χ1) is 7.98. The third-order valence-electron chi connectivity index (χ3n) is 4.04. The molecule has 1 aromatic heterocycles. The maximum Gasteiger partial charge on any atom is 0.0540 e. The highest BCUT2D eigenvalue weighted by Gasteiger charge is 2.33. The van der Waals surface area contributed by atoms with Crippen molar-refractivity contribution in [1.29, 1.82) is 0 Å². The first-order valence-corrected chi connectivity index (χ1v) is 6.80. The number of rotatable bonds is 3. The van der Waals surface area contributed by atoms with Crippen molar-refractivity contribution < 1.29 is 0 Å². The normalized spacial score (nSPS) is 22.8. The third-order valence-corrected chi connectivity index (χ3v) is 4.04. The summed E-state index contributed by atoms with van der Waals surface area (Å²) in [6.07, 6.45) is 6.44. The topological polar surface area (TPSA) is 43.8 Å². The molecule has 0 amide bonds. The van der Waals surface area contributed by atoms with Crippen LogP contribution in [-0.2, 0) is 6.42 Å². The molecule has 2 rings (SSSR count). The highest BCUT2D eigenvalue weighted by atomic mass is 15.3. The molecule has 96 valence electrons. The maximum absolute atomic E-state index is 6.27. The van der Waals surface area contributed by atoms with Gasteiger partial charge in [-0.2, -0.15) is 5.10 Å². The van der Waals surface area contributed by atoms with Crippen LogP contribution in [0.25, 0.3) is 0 Å². The van der Waals surface area contributed by atoms with E-state index in [1.165, 1.54) is 11.3 Å². The molecule has 17 heavy (non-hydrogen) atoms. The molecule has 0 aromatic carbocycles. The average molecular weight is 235 g/mol. The summed E-state index contributed by atoms with van der Waals surface area (Å²) >= 11 is 0. The van der Waals surface area contributed by atoms with Crippen molar-refractivity contribution in [3.8, 4) is 0 Å². The molecule has 0 saturated carbocycles. The van der Waals surface area contributed by atoms with Gasteiger partial charge < -0.3 is 5.73 Å². The van der Waals surface area contributed by atoms with Crippen molar-refractivity contribution >= 4 is 0 Å². The highest BCUT2D eigenvalue weighted by Crippen LogP contribution is 2.40. The van der Waals surface area contributed by atoms with Gasteiger partial charge in [-0.15, -0.1) is 0 Å². The number of aromatic nitrogens is 2.